The summed E-state index contributed by atoms with van der Waals surface area (Å²) in [5, 5.41) is 32.9. The molecule has 3 saturated carbocycles. The lowest BCUT2D eigenvalue weighted by molar-refractivity contribution is -0.211. The van der Waals surface area contributed by atoms with Crippen molar-refractivity contribution in [3.8, 4) is 0 Å². The standard InChI is InChI=1S/C28H42FN3O5S/c1-25(2)36-23-13-18-17-12-20(29)19-11-16(31-35-9-10-38)7-8-26(19,3)24(17)21(34)14-27(18,4)28(23,37-25)22(15-33)30-32(5)6/h7-8,11,17-18,20-21,23-24,33-34,38H,9-10,12-15H2,1-6H3/b30-22-,31-16+/t17-,18-,20-,21-,23+,24+,26-,27-,28+/m0/s1. The predicted octanol–water partition coefficient (Wildman–Crippen LogP) is 3.36. The minimum atomic E-state index is -1.18. The third-order valence-corrected chi connectivity index (χ3v) is 9.92. The molecule has 0 spiro atoms. The summed E-state index contributed by atoms with van der Waals surface area (Å²) in [6, 6.07) is 0. The molecule has 1 heterocycles. The molecule has 4 fully saturated rings. The van der Waals surface area contributed by atoms with E-state index in [9.17, 15) is 10.2 Å². The fourth-order valence-electron chi connectivity index (χ4n) is 8.64. The van der Waals surface area contributed by atoms with Gasteiger partial charge in [0.25, 0.3) is 0 Å². The Bertz CT molecular complexity index is 1080. The zero-order valence-electron chi connectivity index (χ0n) is 23.2. The molecule has 9 atom stereocenters. The Balaban J connectivity index is 1.56. The van der Waals surface area contributed by atoms with Crippen molar-refractivity contribution in [1.82, 2.24) is 5.01 Å². The number of hydrazone groups is 1. The van der Waals surface area contributed by atoms with Crippen molar-refractivity contribution in [3.63, 3.8) is 0 Å². The van der Waals surface area contributed by atoms with Crippen LogP contribution in [0.25, 0.3) is 0 Å². The second-order valence-electron chi connectivity index (χ2n) is 12.6. The Kier molecular flexibility index (Phi) is 7.08. The Morgan fingerprint density at radius 1 is 1.26 bits per heavy atom. The molecule has 0 bridgehead atoms. The number of halogens is 1. The van der Waals surface area contributed by atoms with Gasteiger partial charge >= 0.3 is 0 Å². The smallest absolute Gasteiger partial charge is 0.164 e. The quantitative estimate of drug-likeness (QED) is 0.203. The molecule has 0 aromatic rings. The summed E-state index contributed by atoms with van der Waals surface area (Å²) in [5.74, 6) is -0.615. The van der Waals surface area contributed by atoms with Crippen LogP contribution < -0.4 is 0 Å². The van der Waals surface area contributed by atoms with Crippen LogP contribution in [0.3, 0.4) is 0 Å². The van der Waals surface area contributed by atoms with Crippen LogP contribution >= 0.6 is 12.6 Å². The maximum Gasteiger partial charge on any atom is 0.164 e. The number of oxime groups is 1. The Morgan fingerprint density at radius 3 is 2.66 bits per heavy atom. The van der Waals surface area contributed by atoms with Gasteiger partial charge in [0.15, 0.2) is 5.79 Å². The van der Waals surface area contributed by atoms with E-state index in [0.29, 0.717) is 48.6 Å². The summed E-state index contributed by atoms with van der Waals surface area (Å²) >= 11 is 4.14. The van der Waals surface area contributed by atoms with E-state index in [0.717, 1.165) is 0 Å². The SMILES string of the molecule is CN(C)/N=C(/CO)[C@@]12OC(C)(C)O[C@@H]1C[C@H]1[C@@H]3C[C@H](F)C4=C/C(=N/OCCS)C=C[C@]4(C)[C@H]3[C@@H](O)C[C@@]12C. The van der Waals surface area contributed by atoms with E-state index < -0.39 is 34.5 Å². The van der Waals surface area contributed by atoms with Gasteiger partial charge in [0.1, 0.15) is 24.1 Å². The molecule has 0 radical (unpaired) electrons. The number of nitrogens with zero attached hydrogens (tertiary/aromatic N) is 3. The van der Waals surface area contributed by atoms with Gasteiger partial charge in [-0.15, -0.1) is 0 Å². The molecule has 1 saturated heterocycles. The van der Waals surface area contributed by atoms with Crippen LogP contribution in [-0.4, -0.2) is 89.5 Å². The van der Waals surface area contributed by atoms with E-state index in [1.54, 1.807) is 11.1 Å². The first-order chi connectivity index (χ1) is 17.8. The normalized spacial score (nSPS) is 46.2. The Hall–Kier alpha value is -1.46. The van der Waals surface area contributed by atoms with Gasteiger partial charge in [-0.3, -0.25) is 0 Å². The van der Waals surface area contributed by atoms with Gasteiger partial charge in [-0.25, -0.2) is 4.39 Å². The third-order valence-electron chi connectivity index (χ3n) is 9.73. The van der Waals surface area contributed by atoms with Gasteiger partial charge < -0.3 is 29.5 Å². The molecule has 212 valence electrons. The summed E-state index contributed by atoms with van der Waals surface area (Å²) in [4.78, 5) is 5.28. The fourth-order valence-corrected chi connectivity index (χ4v) is 8.72. The first kappa shape index (κ1) is 28.1. The van der Waals surface area contributed by atoms with Crippen LogP contribution in [0.15, 0.2) is 34.1 Å². The molecule has 8 nitrogen and oxygen atoms in total. The number of fused-ring (bicyclic) bond motifs is 7. The molecule has 0 unspecified atom stereocenters. The number of hydrogen-bond acceptors (Lipinski definition) is 9. The highest BCUT2D eigenvalue weighted by Crippen LogP contribution is 2.70. The summed E-state index contributed by atoms with van der Waals surface area (Å²) < 4.78 is 29.3. The summed E-state index contributed by atoms with van der Waals surface area (Å²) in [5.41, 5.74) is -0.596. The molecule has 2 N–H and O–H groups in total. The molecule has 1 aliphatic heterocycles. The lowest BCUT2D eigenvalue weighted by Crippen LogP contribution is -2.64. The summed E-state index contributed by atoms with van der Waals surface area (Å²) in [6.07, 6.45) is 4.76. The fraction of sp³-hybridized carbons (Fsp3) is 0.786. The molecule has 10 heteroatoms. The molecule has 5 rings (SSSR count). The van der Waals surface area contributed by atoms with Crippen molar-refractivity contribution in [2.75, 3.05) is 33.1 Å². The minimum absolute atomic E-state index is 0.00900. The lowest BCUT2D eigenvalue weighted by Gasteiger charge is -2.60. The predicted molar refractivity (Wildman–Crippen MR) is 147 cm³/mol. The van der Waals surface area contributed by atoms with Crippen LogP contribution in [0.2, 0.25) is 0 Å². The molecule has 0 amide bonds. The van der Waals surface area contributed by atoms with E-state index in [-0.39, 0.29) is 30.5 Å². The van der Waals surface area contributed by atoms with Crippen molar-refractivity contribution in [3.05, 3.63) is 23.8 Å². The number of aliphatic hydroxyl groups excluding tert-OH is 2. The number of ether oxygens (including phenoxy) is 2. The molecule has 5 aliphatic rings. The highest BCUT2D eigenvalue weighted by molar-refractivity contribution is 7.80. The summed E-state index contributed by atoms with van der Waals surface area (Å²) in [6.45, 7) is 7.98. The van der Waals surface area contributed by atoms with E-state index >= 15 is 4.39 Å². The van der Waals surface area contributed by atoms with Gasteiger partial charge in [0.2, 0.25) is 0 Å². The zero-order valence-corrected chi connectivity index (χ0v) is 24.1. The van der Waals surface area contributed by atoms with Gasteiger partial charge in [0, 0.05) is 36.6 Å². The monoisotopic (exact) mass is 551 g/mol. The highest BCUT2D eigenvalue weighted by atomic mass is 32.1. The van der Waals surface area contributed by atoms with Crippen LogP contribution in [-0.2, 0) is 14.3 Å². The van der Waals surface area contributed by atoms with Crippen molar-refractivity contribution in [1.29, 1.82) is 0 Å². The minimum Gasteiger partial charge on any atom is -0.394 e. The number of hydrogen-bond donors (Lipinski definition) is 3. The second-order valence-corrected chi connectivity index (χ2v) is 13.1. The zero-order chi connectivity index (χ0) is 27.7. The van der Waals surface area contributed by atoms with Crippen molar-refractivity contribution in [2.45, 2.75) is 76.7 Å². The number of alkyl halides is 1. The summed E-state index contributed by atoms with van der Waals surface area (Å²) in [7, 11) is 3.62. The van der Waals surface area contributed by atoms with Gasteiger partial charge in [-0.2, -0.15) is 17.7 Å². The number of thiol groups is 1. The third kappa shape index (κ3) is 4.00. The molecule has 38 heavy (non-hydrogen) atoms. The van der Waals surface area contributed by atoms with Crippen LogP contribution in [0.5, 0.6) is 0 Å². The maximum absolute atomic E-state index is 16.1. The molecule has 0 aromatic carbocycles. The van der Waals surface area contributed by atoms with E-state index in [2.05, 4.69) is 29.8 Å². The first-order valence-corrected chi connectivity index (χ1v) is 14.2. The Labute approximate surface area is 230 Å². The largest absolute Gasteiger partial charge is 0.394 e. The number of aliphatic hydroxyl groups is 2. The molecular weight excluding hydrogens is 509 g/mol. The van der Waals surface area contributed by atoms with Crippen molar-refractivity contribution < 1.29 is 28.9 Å². The van der Waals surface area contributed by atoms with Gasteiger partial charge in [-0.1, -0.05) is 25.1 Å². The average Bonchev–Trinajstić information content (AvgIpc) is 3.23. The lowest BCUT2D eigenvalue weighted by atomic mass is 9.46. The first-order valence-electron chi connectivity index (χ1n) is 13.6. The average molecular weight is 552 g/mol. The van der Waals surface area contributed by atoms with Crippen LogP contribution in [0.1, 0.15) is 47.0 Å². The highest BCUT2D eigenvalue weighted by Gasteiger charge is 2.76. The molecular formula is C28H42FN3O5S. The molecule has 4 aliphatic carbocycles. The Morgan fingerprint density at radius 2 is 2.00 bits per heavy atom. The van der Waals surface area contributed by atoms with E-state index in [1.807, 2.05) is 47.0 Å². The van der Waals surface area contributed by atoms with Crippen LogP contribution in [0, 0.1) is 28.6 Å². The van der Waals surface area contributed by atoms with Gasteiger partial charge in [-0.05, 0) is 62.7 Å². The number of rotatable bonds is 6. The second kappa shape index (κ2) is 9.58. The topological polar surface area (TPSA) is 96.1 Å². The van der Waals surface area contributed by atoms with E-state index in [4.69, 9.17) is 14.3 Å². The van der Waals surface area contributed by atoms with Gasteiger partial charge in [0.05, 0.1) is 24.5 Å². The van der Waals surface area contributed by atoms with Crippen molar-refractivity contribution >= 4 is 24.1 Å². The maximum atomic E-state index is 16.1. The number of allylic oxidation sites excluding steroid dienone is 4. The molecule has 0 aromatic heterocycles. The van der Waals surface area contributed by atoms with Crippen LogP contribution in [0.4, 0.5) is 4.39 Å². The van der Waals surface area contributed by atoms with Crippen molar-refractivity contribution in [2.24, 2.45) is 38.8 Å². The van der Waals surface area contributed by atoms with E-state index in [1.165, 1.54) is 0 Å².